The van der Waals surface area contributed by atoms with Gasteiger partial charge in [0.1, 0.15) is 0 Å². The third-order valence-corrected chi connectivity index (χ3v) is 4.43. The predicted octanol–water partition coefficient (Wildman–Crippen LogP) is 1.60. The monoisotopic (exact) mass is 268 g/mol. The zero-order valence-corrected chi connectivity index (χ0v) is 11.6. The summed E-state index contributed by atoms with van der Waals surface area (Å²) < 4.78 is 0. The fourth-order valence-electron chi connectivity index (χ4n) is 2.04. The standard InChI is InChI=1S/C12H20N4OS/c1-7(2)10-9(13)11(16-15-10)12(17)14-5-8-3-4-18-6-8/h7-8H,3-6,13H2,1-2H3,(H,14,17)(H,15,16). The lowest BCUT2D eigenvalue weighted by molar-refractivity contribution is 0.0944. The van der Waals surface area contributed by atoms with Gasteiger partial charge in [0, 0.05) is 6.54 Å². The van der Waals surface area contributed by atoms with E-state index in [2.05, 4.69) is 15.5 Å². The van der Waals surface area contributed by atoms with Gasteiger partial charge in [0.25, 0.3) is 5.91 Å². The van der Waals surface area contributed by atoms with E-state index in [-0.39, 0.29) is 11.8 Å². The van der Waals surface area contributed by atoms with Gasteiger partial charge in [-0.15, -0.1) is 0 Å². The summed E-state index contributed by atoms with van der Waals surface area (Å²) in [4.78, 5) is 12.0. The number of nitrogens with zero attached hydrogens (tertiary/aromatic N) is 1. The maximum Gasteiger partial charge on any atom is 0.273 e. The van der Waals surface area contributed by atoms with E-state index in [0.29, 0.717) is 17.3 Å². The first kappa shape index (κ1) is 13.3. The van der Waals surface area contributed by atoms with Crippen molar-refractivity contribution in [1.29, 1.82) is 0 Å². The van der Waals surface area contributed by atoms with Gasteiger partial charge in [-0.3, -0.25) is 9.89 Å². The molecular formula is C12H20N4OS. The number of hydrogen-bond donors (Lipinski definition) is 3. The van der Waals surface area contributed by atoms with Crippen LogP contribution in [0.15, 0.2) is 0 Å². The fraction of sp³-hybridized carbons (Fsp3) is 0.667. The number of nitrogens with two attached hydrogens (primary N) is 1. The van der Waals surface area contributed by atoms with Crippen molar-refractivity contribution in [2.75, 3.05) is 23.8 Å². The van der Waals surface area contributed by atoms with Gasteiger partial charge >= 0.3 is 0 Å². The molecule has 1 amide bonds. The lowest BCUT2D eigenvalue weighted by Crippen LogP contribution is -2.30. The Morgan fingerprint density at radius 3 is 3.00 bits per heavy atom. The van der Waals surface area contributed by atoms with Gasteiger partial charge in [0.2, 0.25) is 0 Å². The molecule has 100 valence electrons. The Kier molecular flexibility index (Phi) is 4.16. The zero-order valence-electron chi connectivity index (χ0n) is 10.8. The number of hydrogen-bond acceptors (Lipinski definition) is 4. The molecule has 1 saturated heterocycles. The van der Waals surface area contributed by atoms with Gasteiger partial charge in [0.05, 0.1) is 11.4 Å². The number of H-pyrrole nitrogens is 1. The number of aromatic nitrogens is 2. The Morgan fingerprint density at radius 1 is 1.67 bits per heavy atom. The lowest BCUT2D eigenvalue weighted by Gasteiger charge is -2.09. The van der Waals surface area contributed by atoms with Crippen molar-refractivity contribution >= 4 is 23.4 Å². The van der Waals surface area contributed by atoms with Crippen LogP contribution in [0.1, 0.15) is 42.4 Å². The molecule has 0 saturated carbocycles. The maximum absolute atomic E-state index is 12.0. The fourth-order valence-corrected chi connectivity index (χ4v) is 3.33. The van der Waals surface area contributed by atoms with Crippen molar-refractivity contribution in [2.45, 2.75) is 26.2 Å². The molecule has 4 N–H and O–H groups in total. The van der Waals surface area contributed by atoms with E-state index in [1.165, 1.54) is 12.2 Å². The summed E-state index contributed by atoms with van der Waals surface area (Å²) in [6, 6.07) is 0. The molecule has 1 aromatic heterocycles. The largest absolute Gasteiger partial charge is 0.395 e. The van der Waals surface area contributed by atoms with Crippen LogP contribution in [0.25, 0.3) is 0 Å². The van der Waals surface area contributed by atoms with Crippen molar-refractivity contribution in [1.82, 2.24) is 15.5 Å². The molecule has 0 aliphatic carbocycles. The summed E-state index contributed by atoms with van der Waals surface area (Å²) >= 11 is 1.94. The molecule has 1 atom stereocenters. The average molecular weight is 268 g/mol. The molecular weight excluding hydrogens is 248 g/mol. The molecule has 0 radical (unpaired) electrons. The summed E-state index contributed by atoms with van der Waals surface area (Å²) in [5.41, 5.74) is 7.56. The SMILES string of the molecule is CC(C)c1[nH]nc(C(=O)NCC2CCSC2)c1N. The minimum absolute atomic E-state index is 0.174. The van der Waals surface area contributed by atoms with Gasteiger partial charge < -0.3 is 11.1 Å². The molecule has 6 heteroatoms. The summed E-state index contributed by atoms with van der Waals surface area (Å²) in [5.74, 6) is 2.98. The van der Waals surface area contributed by atoms with E-state index >= 15 is 0 Å². The van der Waals surface area contributed by atoms with Crippen molar-refractivity contribution in [3.63, 3.8) is 0 Å². The molecule has 1 fully saturated rings. The highest BCUT2D eigenvalue weighted by atomic mass is 32.2. The molecule has 1 aliphatic rings. The molecule has 1 aromatic rings. The molecule has 2 rings (SSSR count). The van der Waals surface area contributed by atoms with Crippen LogP contribution in [0.5, 0.6) is 0 Å². The van der Waals surface area contributed by atoms with Crippen LogP contribution >= 0.6 is 11.8 Å². The van der Waals surface area contributed by atoms with Crippen LogP contribution in [-0.2, 0) is 0 Å². The smallest absolute Gasteiger partial charge is 0.273 e. The number of rotatable bonds is 4. The second-order valence-electron chi connectivity index (χ2n) is 4.99. The van der Waals surface area contributed by atoms with Crippen LogP contribution < -0.4 is 11.1 Å². The Bertz CT molecular complexity index is 424. The number of amides is 1. The Balaban J connectivity index is 1.96. The number of anilines is 1. The highest BCUT2D eigenvalue weighted by Crippen LogP contribution is 2.24. The summed E-state index contributed by atoms with van der Waals surface area (Å²) in [6.45, 7) is 4.75. The van der Waals surface area contributed by atoms with Gasteiger partial charge in [-0.2, -0.15) is 16.9 Å². The van der Waals surface area contributed by atoms with E-state index in [0.717, 1.165) is 18.0 Å². The van der Waals surface area contributed by atoms with Crippen LogP contribution in [0.2, 0.25) is 0 Å². The van der Waals surface area contributed by atoms with Crippen molar-refractivity contribution in [3.05, 3.63) is 11.4 Å². The molecule has 1 aliphatic heterocycles. The summed E-state index contributed by atoms with van der Waals surface area (Å²) in [6.07, 6.45) is 1.18. The number of nitrogen functional groups attached to an aromatic ring is 1. The minimum atomic E-state index is -0.174. The second-order valence-corrected chi connectivity index (χ2v) is 6.14. The predicted molar refractivity (Wildman–Crippen MR) is 74.9 cm³/mol. The van der Waals surface area contributed by atoms with Gasteiger partial charge in [0.15, 0.2) is 5.69 Å². The molecule has 1 unspecified atom stereocenters. The summed E-state index contributed by atoms with van der Waals surface area (Å²) in [7, 11) is 0. The van der Waals surface area contributed by atoms with Crippen LogP contribution in [0.4, 0.5) is 5.69 Å². The van der Waals surface area contributed by atoms with Crippen molar-refractivity contribution < 1.29 is 4.79 Å². The maximum atomic E-state index is 12.0. The lowest BCUT2D eigenvalue weighted by atomic mass is 10.1. The zero-order chi connectivity index (χ0) is 13.1. The van der Waals surface area contributed by atoms with Gasteiger partial charge in [-0.05, 0) is 29.8 Å². The second kappa shape index (κ2) is 5.65. The molecule has 18 heavy (non-hydrogen) atoms. The highest BCUT2D eigenvalue weighted by molar-refractivity contribution is 7.99. The van der Waals surface area contributed by atoms with Crippen molar-refractivity contribution in [3.8, 4) is 0 Å². The molecule has 0 aromatic carbocycles. The Labute approximate surface area is 111 Å². The first-order valence-electron chi connectivity index (χ1n) is 6.29. The number of nitrogens with one attached hydrogen (secondary N) is 2. The molecule has 0 spiro atoms. The van der Waals surface area contributed by atoms with Crippen LogP contribution in [0.3, 0.4) is 0 Å². The molecule has 2 heterocycles. The van der Waals surface area contributed by atoms with E-state index in [1.807, 2.05) is 25.6 Å². The number of thioether (sulfide) groups is 1. The highest BCUT2D eigenvalue weighted by Gasteiger charge is 2.21. The van der Waals surface area contributed by atoms with E-state index in [4.69, 9.17) is 5.73 Å². The normalized spacial score (nSPS) is 19.4. The van der Waals surface area contributed by atoms with E-state index in [9.17, 15) is 4.79 Å². The minimum Gasteiger partial charge on any atom is -0.395 e. The third kappa shape index (κ3) is 2.80. The number of aromatic amines is 1. The molecule has 0 bridgehead atoms. The number of carbonyl (C=O) groups excluding carboxylic acids is 1. The summed E-state index contributed by atoms with van der Waals surface area (Å²) in [5, 5.41) is 9.78. The van der Waals surface area contributed by atoms with Crippen molar-refractivity contribution in [2.24, 2.45) is 5.92 Å². The van der Waals surface area contributed by atoms with E-state index < -0.39 is 0 Å². The van der Waals surface area contributed by atoms with Crippen LogP contribution in [0, 0.1) is 5.92 Å². The quantitative estimate of drug-likeness (QED) is 0.774. The van der Waals surface area contributed by atoms with Gasteiger partial charge in [-0.25, -0.2) is 0 Å². The van der Waals surface area contributed by atoms with E-state index in [1.54, 1.807) is 0 Å². The van der Waals surface area contributed by atoms with Crippen LogP contribution in [-0.4, -0.2) is 34.2 Å². The Hall–Kier alpha value is -1.17. The first-order valence-corrected chi connectivity index (χ1v) is 7.44. The van der Waals surface area contributed by atoms with Gasteiger partial charge in [-0.1, -0.05) is 13.8 Å². The Morgan fingerprint density at radius 2 is 2.44 bits per heavy atom. The molecule has 5 nitrogen and oxygen atoms in total. The topological polar surface area (TPSA) is 83.8 Å². The average Bonchev–Trinajstić information content (AvgIpc) is 2.94. The third-order valence-electron chi connectivity index (χ3n) is 3.20. The number of carbonyl (C=O) groups is 1. The first-order chi connectivity index (χ1) is 8.59.